The largest absolute Gasteiger partial charge is 0.466 e. The predicted octanol–water partition coefficient (Wildman–Crippen LogP) is 2.02. The summed E-state index contributed by atoms with van der Waals surface area (Å²) in [5.74, 6) is -1.40. The SMILES string of the molecule is CCOC(=O)CCCCCCC(=O)C(=O)OCC. The molecule has 0 rings (SSSR count). The molecule has 0 aliphatic carbocycles. The zero-order valence-corrected chi connectivity index (χ0v) is 11.2. The van der Waals surface area contributed by atoms with Gasteiger partial charge in [0, 0.05) is 12.8 Å². The van der Waals surface area contributed by atoms with Crippen molar-refractivity contribution in [2.24, 2.45) is 0 Å². The lowest BCUT2D eigenvalue weighted by Gasteiger charge is -2.02. The van der Waals surface area contributed by atoms with Crippen LogP contribution in [0.5, 0.6) is 0 Å². The van der Waals surface area contributed by atoms with Gasteiger partial charge in [-0.25, -0.2) is 4.79 Å². The average molecular weight is 258 g/mol. The van der Waals surface area contributed by atoms with Crippen LogP contribution >= 0.6 is 0 Å². The summed E-state index contributed by atoms with van der Waals surface area (Å²) < 4.78 is 9.38. The van der Waals surface area contributed by atoms with Gasteiger partial charge < -0.3 is 9.47 Å². The summed E-state index contributed by atoms with van der Waals surface area (Å²) in [6.07, 6.45) is 3.73. The number of rotatable bonds is 10. The molecule has 0 atom stereocenters. The Bertz CT molecular complexity index is 273. The van der Waals surface area contributed by atoms with E-state index >= 15 is 0 Å². The molecule has 5 heteroatoms. The van der Waals surface area contributed by atoms with Gasteiger partial charge in [0.25, 0.3) is 0 Å². The number of esters is 2. The number of carbonyl (C=O) groups is 3. The van der Waals surface area contributed by atoms with Crippen molar-refractivity contribution < 1.29 is 23.9 Å². The molecule has 0 saturated carbocycles. The number of carbonyl (C=O) groups excluding carboxylic acids is 3. The van der Waals surface area contributed by atoms with E-state index in [4.69, 9.17) is 4.74 Å². The minimum absolute atomic E-state index is 0.180. The van der Waals surface area contributed by atoms with Gasteiger partial charge in [0.2, 0.25) is 5.78 Å². The Labute approximate surface area is 108 Å². The lowest BCUT2D eigenvalue weighted by atomic mass is 10.1. The summed E-state index contributed by atoms with van der Waals surface area (Å²) in [7, 11) is 0. The van der Waals surface area contributed by atoms with Gasteiger partial charge in [-0.3, -0.25) is 9.59 Å². The summed E-state index contributed by atoms with van der Waals surface area (Å²) >= 11 is 0. The first-order valence-corrected chi connectivity index (χ1v) is 6.47. The lowest BCUT2D eigenvalue weighted by Crippen LogP contribution is -2.16. The Morgan fingerprint density at radius 2 is 1.33 bits per heavy atom. The highest BCUT2D eigenvalue weighted by Crippen LogP contribution is 2.07. The fraction of sp³-hybridized carbons (Fsp3) is 0.769. The summed E-state index contributed by atoms with van der Waals surface area (Å²) in [5.41, 5.74) is 0. The van der Waals surface area contributed by atoms with Crippen LogP contribution in [0.2, 0.25) is 0 Å². The van der Waals surface area contributed by atoms with E-state index in [1.165, 1.54) is 0 Å². The Hall–Kier alpha value is -1.39. The van der Waals surface area contributed by atoms with Gasteiger partial charge in [0.05, 0.1) is 13.2 Å². The van der Waals surface area contributed by atoms with Crippen LogP contribution in [-0.4, -0.2) is 30.9 Å². The number of hydrogen-bond acceptors (Lipinski definition) is 5. The minimum Gasteiger partial charge on any atom is -0.466 e. The van der Waals surface area contributed by atoms with Gasteiger partial charge in [-0.15, -0.1) is 0 Å². The van der Waals surface area contributed by atoms with Crippen LogP contribution in [0.4, 0.5) is 0 Å². The standard InChI is InChI=1S/C13H22O5/c1-3-17-12(15)10-8-6-5-7-9-11(14)13(16)18-4-2/h3-10H2,1-2H3. The number of hydrogen-bond donors (Lipinski definition) is 0. The summed E-state index contributed by atoms with van der Waals surface area (Å²) in [5, 5.41) is 0. The molecule has 0 amide bonds. The van der Waals surface area contributed by atoms with E-state index in [0.29, 0.717) is 19.4 Å². The van der Waals surface area contributed by atoms with Crippen molar-refractivity contribution in [3.05, 3.63) is 0 Å². The van der Waals surface area contributed by atoms with E-state index in [-0.39, 0.29) is 19.0 Å². The minimum atomic E-state index is -0.746. The van der Waals surface area contributed by atoms with Gasteiger partial charge >= 0.3 is 11.9 Å². The molecule has 0 aromatic carbocycles. The molecular formula is C13H22O5. The maximum Gasteiger partial charge on any atom is 0.374 e. The maximum absolute atomic E-state index is 11.2. The van der Waals surface area contributed by atoms with Crippen molar-refractivity contribution in [2.75, 3.05) is 13.2 Å². The van der Waals surface area contributed by atoms with E-state index in [2.05, 4.69) is 4.74 Å². The maximum atomic E-state index is 11.2. The fourth-order valence-electron chi connectivity index (χ4n) is 1.46. The lowest BCUT2D eigenvalue weighted by molar-refractivity contribution is -0.153. The molecule has 104 valence electrons. The van der Waals surface area contributed by atoms with Crippen molar-refractivity contribution in [3.8, 4) is 0 Å². The van der Waals surface area contributed by atoms with E-state index < -0.39 is 11.8 Å². The molecule has 0 aliphatic heterocycles. The Kier molecular flexibility index (Phi) is 9.91. The number of ether oxygens (including phenoxy) is 2. The predicted molar refractivity (Wildman–Crippen MR) is 66.0 cm³/mol. The molecule has 0 aromatic heterocycles. The monoisotopic (exact) mass is 258 g/mol. The van der Waals surface area contributed by atoms with Crippen LogP contribution in [0, 0.1) is 0 Å². The second-order valence-corrected chi connectivity index (χ2v) is 3.86. The molecule has 0 saturated heterocycles. The highest BCUT2D eigenvalue weighted by Gasteiger charge is 2.13. The Morgan fingerprint density at radius 3 is 1.89 bits per heavy atom. The van der Waals surface area contributed by atoms with Gasteiger partial charge in [-0.05, 0) is 26.7 Å². The number of ketones is 1. The van der Waals surface area contributed by atoms with Crippen molar-refractivity contribution in [1.29, 1.82) is 0 Å². The third-order valence-electron chi connectivity index (χ3n) is 2.34. The second-order valence-electron chi connectivity index (χ2n) is 3.86. The van der Waals surface area contributed by atoms with Gasteiger partial charge in [0.15, 0.2) is 0 Å². The highest BCUT2D eigenvalue weighted by atomic mass is 16.5. The molecule has 0 radical (unpaired) electrons. The first-order valence-electron chi connectivity index (χ1n) is 6.47. The topological polar surface area (TPSA) is 69.7 Å². The molecule has 0 aliphatic rings. The average Bonchev–Trinajstić information content (AvgIpc) is 2.33. The Morgan fingerprint density at radius 1 is 0.778 bits per heavy atom. The summed E-state index contributed by atoms with van der Waals surface area (Å²) in [6, 6.07) is 0. The second kappa shape index (κ2) is 10.7. The van der Waals surface area contributed by atoms with E-state index in [1.807, 2.05) is 0 Å². The summed E-state index contributed by atoms with van der Waals surface area (Å²) in [6.45, 7) is 4.08. The van der Waals surface area contributed by atoms with Crippen molar-refractivity contribution in [2.45, 2.75) is 52.4 Å². The van der Waals surface area contributed by atoms with Crippen LogP contribution in [0.3, 0.4) is 0 Å². The van der Waals surface area contributed by atoms with Crippen LogP contribution < -0.4 is 0 Å². The zero-order chi connectivity index (χ0) is 13.8. The molecule has 0 aromatic rings. The normalized spacial score (nSPS) is 9.89. The van der Waals surface area contributed by atoms with Crippen molar-refractivity contribution in [3.63, 3.8) is 0 Å². The molecule has 0 heterocycles. The first kappa shape index (κ1) is 16.6. The number of unbranched alkanes of at least 4 members (excludes halogenated alkanes) is 3. The molecule has 5 nitrogen and oxygen atoms in total. The van der Waals surface area contributed by atoms with Crippen LogP contribution in [0.15, 0.2) is 0 Å². The summed E-state index contributed by atoms with van der Waals surface area (Å²) in [4.78, 5) is 33.2. The van der Waals surface area contributed by atoms with E-state index in [0.717, 1.165) is 19.3 Å². The molecule has 0 unspecified atom stereocenters. The molecule has 0 bridgehead atoms. The third kappa shape index (κ3) is 8.73. The van der Waals surface area contributed by atoms with Crippen LogP contribution in [0.1, 0.15) is 52.4 Å². The Balaban J connectivity index is 3.43. The molecule has 0 N–H and O–H groups in total. The zero-order valence-electron chi connectivity index (χ0n) is 11.2. The first-order chi connectivity index (χ1) is 8.61. The molecule has 18 heavy (non-hydrogen) atoms. The molecule has 0 fully saturated rings. The van der Waals surface area contributed by atoms with Gasteiger partial charge in [-0.2, -0.15) is 0 Å². The third-order valence-corrected chi connectivity index (χ3v) is 2.34. The molecular weight excluding hydrogens is 236 g/mol. The number of Topliss-reactive ketones (excluding diaryl/α,β-unsaturated/α-hetero) is 1. The van der Waals surface area contributed by atoms with Crippen LogP contribution in [0.25, 0.3) is 0 Å². The quantitative estimate of drug-likeness (QED) is 0.340. The van der Waals surface area contributed by atoms with Crippen LogP contribution in [-0.2, 0) is 23.9 Å². The van der Waals surface area contributed by atoms with Crippen molar-refractivity contribution >= 4 is 17.7 Å². The van der Waals surface area contributed by atoms with Crippen molar-refractivity contribution in [1.82, 2.24) is 0 Å². The highest BCUT2D eigenvalue weighted by molar-refractivity contribution is 6.33. The molecule has 0 spiro atoms. The smallest absolute Gasteiger partial charge is 0.374 e. The van der Waals surface area contributed by atoms with Gasteiger partial charge in [0.1, 0.15) is 0 Å². The fourth-order valence-corrected chi connectivity index (χ4v) is 1.46. The van der Waals surface area contributed by atoms with E-state index in [1.54, 1.807) is 13.8 Å². The van der Waals surface area contributed by atoms with E-state index in [9.17, 15) is 14.4 Å². The van der Waals surface area contributed by atoms with Gasteiger partial charge in [-0.1, -0.05) is 12.8 Å².